The lowest BCUT2D eigenvalue weighted by Gasteiger charge is -2.29. The molecule has 2 saturated carbocycles. The number of benzene rings is 2. The van der Waals surface area contributed by atoms with Crippen LogP contribution in [-0.2, 0) is 0 Å². The van der Waals surface area contributed by atoms with E-state index < -0.39 is 53.2 Å². The molecule has 2 fully saturated rings. The standard InChI is InChI=1S/C32H36F6O3/c1-3-20-5-7-21(8-6-20)9-10-22-11-13-23(14-12-22)24-15-16-27(31(36)28(24)33)41-32(37,38)19-40-26-18-17-25(39-4-2)29(34)30(26)35/h3,9-10,15-18,20-23H,1,4-8,11-14,19H2,2H3/b10-9+. The maximum atomic E-state index is 15.0. The van der Waals surface area contributed by atoms with Gasteiger partial charge in [0.05, 0.1) is 6.61 Å². The Bertz CT molecular complexity index is 1210. The van der Waals surface area contributed by atoms with Gasteiger partial charge in [-0.2, -0.15) is 22.0 Å². The smallest absolute Gasteiger partial charge is 0.433 e. The van der Waals surface area contributed by atoms with E-state index in [1.807, 2.05) is 6.08 Å². The highest BCUT2D eigenvalue weighted by Crippen LogP contribution is 2.40. The zero-order valence-corrected chi connectivity index (χ0v) is 23.1. The van der Waals surface area contributed by atoms with Gasteiger partial charge in [0, 0.05) is 0 Å². The van der Waals surface area contributed by atoms with Gasteiger partial charge in [0.1, 0.15) is 0 Å². The van der Waals surface area contributed by atoms with Crippen molar-refractivity contribution in [2.45, 2.75) is 70.3 Å². The first-order valence-corrected chi connectivity index (χ1v) is 14.2. The largest absolute Gasteiger partial charge is 0.491 e. The van der Waals surface area contributed by atoms with Gasteiger partial charge in [0.2, 0.25) is 17.5 Å². The number of rotatable bonds is 11. The maximum Gasteiger partial charge on any atom is 0.433 e. The molecule has 0 unspecified atom stereocenters. The van der Waals surface area contributed by atoms with Gasteiger partial charge in [-0.25, -0.2) is 4.39 Å². The molecular formula is C32H36F6O3. The third kappa shape index (κ3) is 7.80. The van der Waals surface area contributed by atoms with E-state index >= 15 is 0 Å². The highest BCUT2D eigenvalue weighted by molar-refractivity contribution is 5.35. The molecule has 0 radical (unpaired) electrons. The zero-order chi connectivity index (χ0) is 29.6. The van der Waals surface area contributed by atoms with E-state index in [0.29, 0.717) is 30.6 Å². The van der Waals surface area contributed by atoms with E-state index in [0.717, 1.165) is 56.7 Å². The van der Waals surface area contributed by atoms with Gasteiger partial charge >= 0.3 is 6.11 Å². The van der Waals surface area contributed by atoms with E-state index in [9.17, 15) is 26.3 Å². The summed E-state index contributed by atoms with van der Waals surface area (Å²) >= 11 is 0. The summed E-state index contributed by atoms with van der Waals surface area (Å²) in [5, 5.41) is 0. The highest BCUT2D eigenvalue weighted by Gasteiger charge is 2.36. The molecule has 0 atom stereocenters. The summed E-state index contributed by atoms with van der Waals surface area (Å²) < 4.78 is 101. The van der Waals surface area contributed by atoms with E-state index in [4.69, 9.17) is 4.74 Å². The number of ether oxygens (including phenoxy) is 3. The van der Waals surface area contributed by atoms with Crippen LogP contribution in [0.25, 0.3) is 0 Å². The first kappa shape index (κ1) is 30.8. The molecule has 41 heavy (non-hydrogen) atoms. The molecule has 0 saturated heterocycles. The number of hydrogen-bond donors (Lipinski definition) is 0. The Morgan fingerprint density at radius 2 is 1.20 bits per heavy atom. The molecule has 9 heteroatoms. The Kier molecular flexibility index (Phi) is 10.3. The minimum absolute atomic E-state index is 0.0691. The van der Waals surface area contributed by atoms with Crippen LogP contribution >= 0.6 is 0 Å². The van der Waals surface area contributed by atoms with E-state index in [-0.39, 0.29) is 18.1 Å². The molecule has 4 rings (SSSR count). The van der Waals surface area contributed by atoms with Crippen molar-refractivity contribution in [1.29, 1.82) is 0 Å². The van der Waals surface area contributed by atoms with Gasteiger partial charge in [0.25, 0.3) is 0 Å². The summed E-state index contributed by atoms with van der Waals surface area (Å²) in [5.74, 6) is -6.53. The molecule has 2 aliphatic carbocycles. The molecule has 224 valence electrons. The molecule has 0 bridgehead atoms. The van der Waals surface area contributed by atoms with Crippen molar-refractivity contribution < 1.29 is 40.6 Å². The third-order valence-corrected chi connectivity index (χ3v) is 8.06. The Morgan fingerprint density at radius 1 is 0.707 bits per heavy atom. The number of allylic oxidation sites excluding steroid dienone is 3. The van der Waals surface area contributed by atoms with Crippen molar-refractivity contribution in [2.75, 3.05) is 13.2 Å². The molecule has 2 aliphatic rings. The summed E-state index contributed by atoms with van der Waals surface area (Å²) in [6.07, 6.45) is 10.1. The summed E-state index contributed by atoms with van der Waals surface area (Å²) in [4.78, 5) is 0. The summed E-state index contributed by atoms with van der Waals surface area (Å²) in [5.41, 5.74) is 0.131. The van der Waals surface area contributed by atoms with Gasteiger partial charge in [-0.15, -0.1) is 6.58 Å². The lowest BCUT2D eigenvalue weighted by atomic mass is 9.77. The Hall–Kier alpha value is -3.10. The molecule has 0 amide bonds. The molecule has 0 N–H and O–H groups in total. The van der Waals surface area contributed by atoms with Gasteiger partial charge in [-0.05, 0) is 106 Å². The van der Waals surface area contributed by atoms with Crippen molar-refractivity contribution in [3.05, 3.63) is 77.9 Å². The highest BCUT2D eigenvalue weighted by atomic mass is 19.3. The van der Waals surface area contributed by atoms with Crippen LogP contribution in [-0.4, -0.2) is 19.3 Å². The van der Waals surface area contributed by atoms with Gasteiger partial charge in [-0.3, -0.25) is 0 Å². The maximum absolute atomic E-state index is 15.0. The second-order valence-electron chi connectivity index (χ2n) is 10.8. The lowest BCUT2D eigenvalue weighted by molar-refractivity contribution is -0.197. The Labute approximate surface area is 237 Å². The number of halogens is 6. The quantitative estimate of drug-likeness (QED) is 0.195. The molecule has 0 aliphatic heterocycles. The first-order valence-electron chi connectivity index (χ1n) is 14.2. The van der Waals surface area contributed by atoms with Gasteiger partial charge in [0.15, 0.2) is 29.7 Å². The minimum Gasteiger partial charge on any atom is -0.491 e. The molecule has 0 aromatic heterocycles. The average molecular weight is 583 g/mol. The Morgan fingerprint density at radius 3 is 1.76 bits per heavy atom. The van der Waals surface area contributed by atoms with Crippen molar-refractivity contribution >= 4 is 0 Å². The van der Waals surface area contributed by atoms with Crippen molar-refractivity contribution in [3.8, 4) is 17.2 Å². The fourth-order valence-corrected chi connectivity index (χ4v) is 5.70. The van der Waals surface area contributed by atoms with Crippen molar-refractivity contribution in [3.63, 3.8) is 0 Å². The SMILES string of the molecule is C=CC1CCC(/C=C/C2CCC(c3ccc(OC(F)(F)COc4ccc(OCC)c(F)c4F)c(F)c3F)CC2)CC1. The monoisotopic (exact) mass is 582 g/mol. The summed E-state index contributed by atoms with van der Waals surface area (Å²) in [6, 6.07) is 4.19. The predicted molar refractivity (Wildman–Crippen MR) is 144 cm³/mol. The van der Waals surface area contributed by atoms with Crippen LogP contribution in [0.1, 0.15) is 69.8 Å². The van der Waals surface area contributed by atoms with Gasteiger partial charge < -0.3 is 14.2 Å². The fourth-order valence-electron chi connectivity index (χ4n) is 5.70. The molecule has 0 spiro atoms. The first-order chi connectivity index (χ1) is 19.6. The Balaban J connectivity index is 1.31. The average Bonchev–Trinajstić information content (AvgIpc) is 2.97. The molecule has 3 nitrogen and oxygen atoms in total. The molecule has 2 aromatic rings. The third-order valence-electron chi connectivity index (χ3n) is 8.06. The molecule has 2 aromatic carbocycles. The second-order valence-corrected chi connectivity index (χ2v) is 10.8. The fraction of sp³-hybridized carbons (Fsp3) is 0.500. The predicted octanol–water partition coefficient (Wildman–Crippen LogP) is 9.51. The summed E-state index contributed by atoms with van der Waals surface area (Å²) in [7, 11) is 0. The molecular weight excluding hydrogens is 546 g/mol. The van der Waals surface area contributed by atoms with E-state index in [2.05, 4.69) is 28.2 Å². The normalized spacial score (nSPS) is 23.4. The van der Waals surface area contributed by atoms with Crippen LogP contribution in [0.5, 0.6) is 17.2 Å². The topological polar surface area (TPSA) is 27.7 Å². The van der Waals surface area contributed by atoms with Crippen LogP contribution in [0.15, 0.2) is 49.1 Å². The second kappa shape index (κ2) is 13.7. The van der Waals surface area contributed by atoms with E-state index in [1.165, 1.54) is 6.07 Å². The number of alkyl halides is 2. The van der Waals surface area contributed by atoms with Crippen LogP contribution in [0.4, 0.5) is 26.3 Å². The lowest BCUT2D eigenvalue weighted by Crippen LogP contribution is -2.33. The number of hydrogen-bond acceptors (Lipinski definition) is 3. The van der Waals surface area contributed by atoms with E-state index in [1.54, 1.807) is 6.92 Å². The summed E-state index contributed by atoms with van der Waals surface area (Å²) in [6.45, 7) is 3.95. The molecule has 0 heterocycles. The zero-order valence-electron chi connectivity index (χ0n) is 23.1. The minimum atomic E-state index is -4.16. The van der Waals surface area contributed by atoms with Crippen LogP contribution in [0.2, 0.25) is 0 Å². The van der Waals surface area contributed by atoms with Crippen LogP contribution in [0, 0.1) is 41.0 Å². The van der Waals surface area contributed by atoms with Crippen molar-refractivity contribution in [2.24, 2.45) is 17.8 Å². The van der Waals surface area contributed by atoms with Gasteiger partial charge in [-0.1, -0.05) is 24.3 Å². The van der Waals surface area contributed by atoms with Crippen molar-refractivity contribution in [1.82, 2.24) is 0 Å². The van der Waals surface area contributed by atoms with Crippen LogP contribution in [0.3, 0.4) is 0 Å². The van der Waals surface area contributed by atoms with Crippen LogP contribution < -0.4 is 14.2 Å².